The Labute approximate surface area is 194 Å². The Morgan fingerprint density at radius 1 is 0.806 bits per heavy atom. The monoisotopic (exact) mass is 432 g/mol. The van der Waals surface area contributed by atoms with Crippen molar-refractivity contribution in [1.82, 2.24) is 0 Å². The Morgan fingerprint density at radius 3 is 1.87 bits per heavy atom. The Morgan fingerprint density at radius 2 is 1.39 bits per heavy atom. The molecule has 1 aromatic rings. The highest BCUT2D eigenvalue weighted by molar-refractivity contribution is 5.31. The molecule has 0 amide bonds. The van der Waals surface area contributed by atoms with Gasteiger partial charge in [-0.3, -0.25) is 0 Å². The molecule has 0 aromatic heterocycles. The Kier molecular flexibility index (Phi) is 11.1. The van der Waals surface area contributed by atoms with Crippen LogP contribution in [0.5, 0.6) is 5.75 Å². The lowest BCUT2D eigenvalue weighted by Crippen LogP contribution is -2.38. The number of methoxy groups -OCH3 is 1. The molecule has 1 rings (SSSR count). The molecule has 2 unspecified atom stereocenters. The molecule has 1 aromatic carbocycles. The fourth-order valence-corrected chi connectivity index (χ4v) is 4.40. The number of benzene rings is 1. The first-order valence-electron chi connectivity index (χ1n) is 12.6. The predicted octanol–water partition coefficient (Wildman–Crippen LogP) is 9.03. The molecule has 0 heterocycles. The second-order valence-electron chi connectivity index (χ2n) is 12.5. The number of rotatable bonds is 13. The van der Waals surface area contributed by atoms with Crippen molar-refractivity contribution < 1.29 is 9.47 Å². The lowest BCUT2D eigenvalue weighted by Gasteiger charge is -2.36. The highest BCUT2D eigenvalue weighted by atomic mass is 16.5. The summed E-state index contributed by atoms with van der Waals surface area (Å²) < 4.78 is 12.0. The van der Waals surface area contributed by atoms with Gasteiger partial charge in [-0.25, -0.2) is 0 Å². The fourth-order valence-electron chi connectivity index (χ4n) is 4.40. The topological polar surface area (TPSA) is 18.5 Å². The van der Waals surface area contributed by atoms with Gasteiger partial charge in [0.25, 0.3) is 0 Å². The standard InChI is InChI=1S/C29H52O2/c1-11-12-13-14-15-20-29(8,9)26(22-30-10)31-24-18-16-23(17-19-24)25(28(5,6)7)21-27(2,3)4/h16-19,25-26H,11-15,20-22H2,1-10H3. The summed E-state index contributed by atoms with van der Waals surface area (Å²) in [6, 6.07) is 8.88. The van der Waals surface area contributed by atoms with Gasteiger partial charge < -0.3 is 9.47 Å². The van der Waals surface area contributed by atoms with E-state index < -0.39 is 0 Å². The Balaban J connectivity index is 2.88. The Bertz CT molecular complexity index is 601. The fraction of sp³-hybridized carbons (Fsp3) is 0.793. The Hall–Kier alpha value is -1.02. The zero-order valence-electron chi connectivity index (χ0n) is 22.4. The number of ether oxygens (including phenoxy) is 2. The molecule has 31 heavy (non-hydrogen) atoms. The van der Waals surface area contributed by atoms with Crippen molar-refractivity contribution in [3.05, 3.63) is 29.8 Å². The van der Waals surface area contributed by atoms with Gasteiger partial charge in [-0.15, -0.1) is 0 Å². The number of hydrogen-bond acceptors (Lipinski definition) is 2. The van der Waals surface area contributed by atoms with Crippen LogP contribution in [0, 0.1) is 16.2 Å². The maximum Gasteiger partial charge on any atom is 0.127 e. The van der Waals surface area contributed by atoms with Gasteiger partial charge in [-0.2, -0.15) is 0 Å². The zero-order chi connectivity index (χ0) is 23.7. The van der Waals surface area contributed by atoms with Crippen molar-refractivity contribution in [3.8, 4) is 5.75 Å². The first kappa shape index (κ1) is 28.0. The molecule has 180 valence electrons. The van der Waals surface area contributed by atoms with Gasteiger partial charge in [0.1, 0.15) is 11.9 Å². The van der Waals surface area contributed by atoms with E-state index >= 15 is 0 Å². The summed E-state index contributed by atoms with van der Waals surface area (Å²) in [5, 5.41) is 0. The van der Waals surface area contributed by atoms with Gasteiger partial charge in [0.15, 0.2) is 0 Å². The summed E-state index contributed by atoms with van der Waals surface area (Å²) in [6.07, 6.45) is 8.95. The third-order valence-electron chi connectivity index (χ3n) is 6.54. The van der Waals surface area contributed by atoms with Gasteiger partial charge in [-0.1, -0.05) is 107 Å². The van der Waals surface area contributed by atoms with E-state index in [1.807, 2.05) is 0 Å². The molecule has 2 heteroatoms. The second-order valence-corrected chi connectivity index (χ2v) is 12.5. The lowest BCUT2D eigenvalue weighted by atomic mass is 9.69. The normalized spacial score (nSPS) is 15.0. The highest BCUT2D eigenvalue weighted by Crippen LogP contribution is 2.43. The largest absolute Gasteiger partial charge is 0.487 e. The van der Waals surface area contributed by atoms with Crippen LogP contribution in [0.15, 0.2) is 24.3 Å². The van der Waals surface area contributed by atoms with Crippen LogP contribution in [0.3, 0.4) is 0 Å². The highest BCUT2D eigenvalue weighted by Gasteiger charge is 2.32. The van der Waals surface area contributed by atoms with Crippen molar-refractivity contribution in [1.29, 1.82) is 0 Å². The van der Waals surface area contributed by atoms with Crippen LogP contribution in [0.2, 0.25) is 0 Å². The summed E-state index contributed by atoms with van der Waals surface area (Å²) in [5.74, 6) is 1.48. The average molecular weight is 433 g/mol. The quantitative estimate of drug-likeness (QED) is 0.289. The van der Waals surface area contributed by atoms with E-state index in [0.717, 1.165) is 5.75 Å². The van der Waals surface area contributed by atoms with Crippen LogP contribution in [0.4, 0.5) is 0 Å². The van der Waals surface area contributed by atoms with Crippen LogP contribution in [-0.2, 0) is 4.74 Å². The molecule has 0 aliphatic carbocycles. The van der Waals surface area contributed by atoms with Gasteiger partial charge in [-0.05, 0) is 47.3 Å². The smallest absolute Gasteiger partial charge is 0.127 e. The van der Waals surface area contributed by atoms with Crippen LogP contribution in [0.1, 0.15) is 119 Å². The summed E-state index contributed by atoms with van der Waals surface area (Å²) in [6.45, 7) is 21.6. The minimum absolute atomic E-state index is 0.0579. The molecule has 0 spiro atoms. The molecular weight excluding hydrogens is 380 g/mol. The van der Waals surface area contributed by atoms with Crippen LogP contribution >= 0.6 is 0 Å². The molecule has 0 fully saturated rings. The van der Waals surface area contributed by atoms with E-state index in [1.165, 1.54) is 50.5 Å². The summed E-state index contributed by atoms with van der Waals surface area (Å²) in [5.41, 5.74) is 2.03. The second kappa shape index (κ2) is 12.3. The van der Waals surface area contributed by atoms with E-state index in [2.05, 4.69) is 86.6 Å². The van der Waals surface area contributed by atoms with Gasteiger partial charge in [0.05, 0.1) is 6.61 Å². The summed E-state index contributed by atoms with van der Waals surface area (Å²) in [7, 11) is 1.78. The molecule has 0 saturated carbocycles. The molecule has 0 saturated heterocycles. The molecule has 0 radical (unpaired) electrons. The lowest BCUT2D eigenvalue weighted by molar-refractivity contribution is 0.000110. The van der Waals surface area contributed by atoms with E-state index in [-0.39, 0.29) is 16.9 Å². The molecule has 0 N–H and O–H groups in total. The van der Waals surface area contributed by atoms with E-state index in [4.69, 9.17) is 9.47 Å². The third kappa shape index (κ3) is 10.4. The summed E-state index contributed by atoms with van der Waals surface area (Å²) >= 11 is 0. The number of unbranched alkanes of at least 4 members (excludes halogenated alkanes) is 4. The predicted molar refractivity (Wildman–Crippen MR) is 136 cm³/mol. The van der Waals surface area contributed by atoms with E-state index in [1.54, 1.807) is 7.11 Å². The van der Waals surface area contributed by atoms with Gasteiger partial charge in [0.2, 0.25) is 0 Å². The van der Waals surface area contributed by atoms with Gasteiger partial charge >= 0.3 is 0 Å². The first-order chi connectivity index (χ1) is 14.3. The van der Waals surface area contributed by atoms with Crippen LogP contribution < -0.4 is 4.74 Å². The molecule has 0 aliphatic heterocycles. The molecule has 2 nitrogen and oxygen atoms in total. The maximum absolute atomic E-state index is 6.49. The van der Waals surface area contributed by atoms with E-state index in [0.29, 0.717) is 17.9 Å². The number of hydrogen-bond donors (Lipinski definition) is 0. The van der Waals surface area contributed by atoms with Crippen molar-refractivity contribution in [2.45, 2.75) is 119 Å². The van der Waals surface area contributed by atoms with Crippen molar-refractivity contribution in [2.24, 2.45) is 16.2 Å². The van der Waals surface area contributed by atoms with Crippen LogP contribution in [0.25, 0.3) is 0 Å². The minimum Gasteiger partial charge on any atom is -0.487 e. The molecule has 0 bridgehead atoms. The van der Waals surface area contributed by atoms with Crippen molar-refractivity contribution in [2.75, 3.05) is 13.7 Å². The maximum atomic E-state index is 6.49. The molecule has 0 aliphatic rings. The third-order valence-corrected chi connectivity index (χ3v) is 6.54. The summed E-state index contributed by atoms with van der Waals surface area (Å²) in [4.78, 5) is 0. The van der Waals surface area contributed by atoms with Crippen LogP contribution in [-0.4, -0.2) is 19.8 Å². The van der Waals surface area contributed by atoms with Crippen molar-refractivity contribution in [3.63, 3.8) is 0 Å². The molecular formula is C29H52O2. The van der Waals surface area contributed by atoms with E-state index in [9.17, 15) is 0 Å². The first-order valence-corrected chi connectivity index (χ1v) is 12.6. The zero-order valence-corrected chi connectivity index (χ0v) is 22.4. The SMILES string of the molecule is CCCCCCCC(C)(C)C(COC)Oc1ccc(C(CC(C)(C)C)C(C)(C)C)cc1. The average Bonchev–Trinajstić information content (AvgIpc) is 2.65. The minimum atomic E-state index is 0.0579. The van der Waals surface area contributed by atoms with Gasteiger partial charge in [0, 0.05) is 12.5 Å². The van der Waals surface area contributed by atoms with Crippen molar-refractivity contribution >= 4 is 0 Å². The molecule has 2 atom stereocenters.